The molecule has 2 saturated heterocycles. The molecule has 0 saturated carbocycles. The van der Waals surface area contributed by atoms with Crippen molar-refractivity contribution in [1.82, 2.24) is 9.80 Å². The van der Waals surface area contributed by atoms with Crippen LogP contribution in [0.2, 0.25) is 0 Å². The summed E-state index contributed by atoms with van der Waals surface area (Å²) in [6, 6.07) is 7.69. The van der Waals surface area contributed by atoms with Gasteiger partial charge in [0.2, 0.25) is 0 Å². The van der Waals surface area contributed by atoms with Gasteiger partial charge >= 0.3 is 0 Å². The number of likely N-dealkylation sites (N-methyl/N-ethyl adjacent to an activating group) is 1. The molecular weight excluding hydrogens is 279 g/mol. The first-order valence-corrected chi connectivity index (χ1v) is 8.32. The second-order valence-corrected chi connectivity index (χ2v) is 6.85. The number of nitrogens with zero attached hydrogens (tertiary/aromatic N) is 2. The third-order valence-corrected chi connectivity index (χ3v) is 5.74. The lowest BCUT2D eigenvalue weighted by atomic mass is 9.85. The van der Waals surface area contributed by atoms with Crippen LogP contribution in [0.15, 0.2) is 24.3 Å². The first-order chi connectivity index (χ1) is 10.6. The van der Waals surface area contributed by atoms with Crippen molar-refractivity contribution in [2.24, 2.45) is 0 Å². The van der Waals surface area contributed by atoms with E-state index in [0.717, 1.165) is 31.8 Å². The summed E-state index contributed by atoms with van der Waals surface area (Å²) in [7, 11) is 4.04. The van der Waals surface area contributed by atoms with E-state index in [4.69, 9.17) is 4.74 Å². The highest BCUT2D eigenvalue weighted by atomic mass is 19.1. The number of halogens is 1. The Bertz CT molecular complexity index is 500. The van der Waals surface area contributed by atoms with Gasteiger partial charge in [-0.1, -0.05) is 18.2 Å². The lowest BCUT2D eigenvalue weighted by Crippen LogP contribution is -2.52. The Hall–Kier alpha value is -0.970. The molecule has 2 heterocycles. The van der Waals surface area contributed by atoms with Gasteiger partial charge in [-0.15, -0.1) is 0 Å². The van der Waals surface area contributed by atoms with Gasteiger partial charge < -0.3 is 4.74 Å². The van der Waals surface area contributed by atoms with Crippen LogP contribution in [0.4, 0.5) is 4.39 Å². The number of methoxy groups -OCH3 is 1. The molecule has 4 heteroatoms. The summed E-state index contributed by atoms with van der Waals surface area (Å²) in [4.78, 5) is 4.94. The van der Waals surface area contributed by atoms with Crippen LogP contribution in [0.1, 0.15) is 31.2 Å². The summed E-state index contributed by atoms with van der Waals surface area (Å²) in [5, 5.41) is 0. The molecule has 1 atom stereocenters. The minimum Gasteiger partial charge on any atom is -0.383 e. The molecule has 0 amide bonds. The Balaban J connectivity index is 1.58. The maximum Gasteiger partial charge on any atom is 0.127 e. The summed E-state index contributed by atoms with van der Waals surface area (Å²) >= 11 is 0. The zero-order valence-electron chi connectivity index (χ0n) is 13.7. The van der Waals surface area contributed by atoms with Crippen LogP contribution in [0, 0.1) is 5.82 Å². The largest absolute Gasteiger partial charge is 0.383 e. The van der Waals surface area contributed by atoms with Crippen LogP contribution < -0.4 is 0 Å². The van der Waals surface area contributed by atoms with E-state index in [0.29, 0.717) is 11.6 Å². The third-order valence-electron chi connectivity index (χ3n) is 5.74. The van der Waals surface area contributed by atoms with Gasteiger partial charge in [-0.05, 0) is 38.8 Å². The van der Waals surface area contributed by atoms with E-state index in [9.17, 15) is 4.39 Å². The van der Waals surface area contributed by atoms with Gasteiger partial charge in [-0.3, -0.25) is 9.80 Å². The van der Waals surface area contributed by atoms with Gasteiger partial charge in [-0.25, -0.2) is 4.39 Å². The van der Waals surface area contributed by atoms with Gasteiger partial charge in [0.05, 0.1) is 6.61 Å². The fourth-order valence-electron chi connectivity index (χ4n) is 4.18. The second-order valence-electron chi connectivity index (χ2n) is 6.85. The summed E-state index contributed by atoms with van der Waals surface area (Å²) in [6.07, 6.45) is 4.86. The van der Waals surface area contributed by atoms with Crippen molar-refractivity contribution >= 4 is 0 Å². The molecule has 1 aromatic carbocycles. The second kappa shape index (κ2) is 6.65. The molecule has 0 bridgehead atoms. The van der Waals surface area contributed by atoms with Crippen LogP contribution in [0.25, 0.3) is 0 Å². The molecule has 0 aromatic heterocycles. The minimum atomic E-state index is -0.0825. The number of likely N-dealkylation sites (tertiary alicyclic amines) is 2. The average molecular weight is 306 g/mol. The van der Waals surface area contributed by atoms with Crippen LogP contribution in [-0.4, -0.2) is 55.2 Å². The highest BCUT2D eigenvalue weighted by molar-refractivity contribution is 5.17. The maximum atomic E-state index is 13.8. The van der Waals surface area contributed by atoms with Crippen molar-refractivity contribution in [1.29, 1.82) is 0 Å². The molecule has 2 fully saturated rings. The Morgan fingerprint density at radius 3 is 2.64 bits per heavy atom. The Labute approximate surface area is 133 Å². The monoisotopic (exact) mass is 306 g/mol. The van der Waals surface area contributed by atoms with E-state index >= 15 is 0 Å². The van der Waals surface area contributed by atoms with Gasteiger partial charge in [-0.2, -0.15) is 0 Å². The van der Waals surface area contributed by atoms with Crippen molar-refractivity contribution in [3.63, 3.8) is 0 Å². The number of rotatable bonds is 4. The Kier molecular flexibility index (Phi) is 4.81. The molecule has 3 rings (SSSR count). The zero-order valence-corrected chi connectivity index (χ0v) is 13.7. The molecule has 0 N–H and O–H groups in total. The van der Waals surface area contributed by atoms with E-state index in [1.165, 1.54) is 25.7 Å². The van der Waals surface area contributed by atoms with Gasteiger partial charge in [0.1, 0.15) is 5.82 Å². The molecule has 2 aliphatic heterocycles. The molecule has 1 aromatic rings. The van der Waals surface area contributed by atoms with Crippen molar-refractivity contribution in [2.45, 2.75) is 43.8 Å². The standard InChI is InChI=1S/C18H27FN2O/c1-20-16(14-22-2)7-8-18(20)9-11-21(12-10-18)13-15-5-3-4-6-17(15)19/h3-6,16H,7-14H2,1-2H3. The minimum absolute atomic E-state index is 0.0825. The molecule has 1 spiro atoms. The van der Waals surface area contributed by atoms with Crippen LogP contribution in [-0.2, 0) is 11.3 Å². The Morgan fingerprint density at radius 2 is 1.95 bits per heavy atom. The quantitative estimate of drug-likeness (QED) is 0.851. The number of piperidine rings is 1. The predicted molar refractivity (Wildman–Crippen MR) is 86.3 cm³/mol. The number of benzene rings is 1. The molecule has 1 unspecified atom stereocenters. The highest BCUT2D eigenvalue weighted by Gasteiger charge is 2.45. The third kappa shape index (κ3) is 3.05. The molecular formula is C18H27FN2O. The molecule has 122 valence electrons. The average Bonchev–Trinajstić information content (AvgIpc) is 2.82. The SMILES string of the molecule is COCC1CCC2(CCN(Cc3ccccc3F)CC2)N1C. The zero-order chi connectivity index (χ0) is 15.6. The lowest BCUT2D eigenvalue weighted by molar-refractivity contribution is 0.0280. The fraction of sp³-hybridized carbons (Fsp3) is 0.667. The lowest BCUT2D eigenvalue weighted by Gasteiger charge is -2.45. The van der Waals surface area contributed by atoms with E-state index in [1.54, 1.807) is 19.2 Å². The molecule has 22 heavy (non-hydrogen) atoms. The summed E-state index contributed by atoms with van der Waals surface area (Å²) in [6.45, 7) is 3.67. The van der Waals surface area contributed by atoms with E-state index < -0.39 is 0 Å². The Morgan fingerprint density at radius 1 is 1.23 bits per heavy atom. The van der Waals surface area contributed by atoms with Crippen molar-refractivity contribution in [3.8, 4) is 0 Å². The van der Waals surface area contributed by atoms with Gasteiger partial charge in [0, 0.05) is 43.9 Å². The smallest absolute Gasteiger partial charge is 0.127 e. The van der Waals surface area contributed by atoms with E-state index in [-0.39, 0.29) is 5.82 Å². The summed E-state index contributed by atoms with van der Waals surface area (Å²) in [5.41, 5.74) is 1.16. The number of hydrogen-bond donors (Lipinski definition) is 0. The van der Waals surface area contributed by atoms with Crippen molar-refractivity contribution in [2.75, 3.05) is 33.9 Å². The molecule has 3 nitrogen and oxygen atoms in total. The summed E-state index contributed by atoms with van der Waals surface area (Å²) < 4.78 is 19.1. The van der Waals surface area contributed by atoms with Gasteiger partial charge in [0.25, 0.3) is 0 Å². The molecule has 2 aliphatic rings. The molecule has 0 aliphatic carbocycles. The van der Waals surface area contributed by atoms with Crippen LogP contribution in [0.3, 0.4) is 0 Å². The molecule has 0 radical (unpaired) electrons. The maximum absolute atomic E-state index is 13.8. The topological polar surface area (TPSA) is 15.7 Å². The van der Waals surface area contributed by atoms with Crippen LogP contribution in [0.5, 0.6) is 0 Å². The first-order valence-electron chi connectivity index (χ1n) is 8.32. The fourth-order valence-corrected chi connectivity index (χ4v) is 4.18. The van der Waals surface area contributed by atoms with Crippen LogP contribution >= 0.6 is 0 Å². The number of hydrogen-bond acceptors (Lipinski definition) is 3. The predicted octanol–water partition coefficient (Wildman–Crippen LogP) is 2.90. The first kappa shape index (κ1) is 15.9. The van der Waals surface area contributed by atoms with E-state index in [2.05, 4.69) is 16.8 Å². The van der Waals surface area contributed by atoms with Crippen molar-refractivity contribution in [3.05, 3.63) is 35.6 Å². The summed E-state index contributed by atoms with van der Waals surface area (Å²) in [5.74, 6) is -0.0825. The van der Waals surface area contributed by atoms with Crippen molar-refractivity contribution < 1.29 is 9.13 Å². The van der Waals surface area contributed by atoms with Gasteiger partial charge in [0.15, 0.2) is 0 Å². The van der Waals surface area contributed by atoms with E-state index in [1.807, 2.05) is 12.1 Å². The highest BCUT2D eigenvalue weighted by Crippen LogP contribution is 2.40. The number of ether oxygens (including phenoxy) is 1. The normalized spacial score (nSPS) is 25.9.